The van der Waals surface area contributed by atoms with Crippen LogP contribution in [0.1, 0.15) is 27.2 Å². The van der Waals surface area contributed by atoms with Gasteiger partial charge in [0.05, 0.1) is 6.54 Å². The molecule has 0 aromatic carbocycles. The molecule has 1 unspecified atom stereocenters. The van der Waals surface area contributed by atoms with Gasteiger partial charge in [0.2, 0.25) is 5.91 Å². The van der Waals surface area contributed by atoms with Crippen molar-refractivity contribution in [1.82, 2.24) is 5.32 Å². The lowest BCUT2D eigenvalue weighted by Gasteiger charge is -2.19. The molecule has 0 spiro atoms. The lowest BCUT2D eigenvalue weighted by atomic mass is 10.1. The number of carbonyl (C=O) groups is 1. The van der Waals surface area contributed by atoms with Gasteiger partial charge in [0.1, 0.15) is 0 Å². The van der Waals surface area contributed by atoms with Gasteiger partial charge in [-0.1, -0.05) is 6.92 Å². The molecule has 0 saturated carbocycles. The zero-order valence-corrected chi connectivity index (χ0v) is 10.5. The smallest absolute Gasteiger partial charge is 0.224 e. The van der Waals surface area contributed by atoms with Crippen LogP contribution in [0.5, 0.6) is 0 Å². The number of amides is 1. The average molecular weight is 232 g/mol. The molecule has 5 heteroatoms. The monoisotopic (exact) mass is 232 g/mol. The van der Waals surface area contributed by atoms with Crippen molar-refractivity contribution in [2.24, 2.45) is 11.7 Å². The van der Waals surface area contributed by atoms with Crippen molar-refractivity contribution in [3.05, 3.63) is 0 Å². The second kappa shape index (κ2) is 9.57. The highest BCUT2D eigenvalue weighted by Gasteiger charge is 2.16. The van der Waals surface area contributed by atoms with Crippen molar-refractivity contribution < 1.29 is 14.3 Å². The molecule has 0 aromatic rings. The Morgan fingerprint density at radius 3 is 2.19 bits per heavy atom. The van der Waals surface area contributed by atoms with E-state index in [4.69, 9.17) is 15.2 Å². The van der Waals surface area contributed by atoms with Crippen molar-refractivity contribution in [3.8, 4) is 0 Å². The molecule has 96 valence electrons. The van der Waals surface area contributed by atoms with Crippen LogP contribution < -0.4 is 11.1 Å². The Kier molecular flexibility index (Phi) is 9.18. The number of hydrogen-bond acceptors (Lipinski definition) is 4. The highest BCUT2D eigenvalue weighted by molar-refractivity contribution is 5.78. The van der Waals surface area contributed by atoms with Crippen LogP contribution in [0.15, 0.2) is 0 Å². The Labute approximate surface area is 97.7 Å². The minimum Gasteiger partial charge on any atom is -0.351 e. The van der Waals surface area contributed by atoms with Gasteiger partial charge < -0.3 is 20.5 Å². The second-order valence-corrected chi connectivity index (χ2v) is 3.43. The van der Waals surface area contributed by atoms with Crippen LogP contribution in [-0.2, 0) is 14.3 Å². The standard InChI is InChI=1S/C11H24N2O3/c1-4-9(7-12)11(14)13-8-10(15-5-2)16-6-3/h9-10H,4-8,12H2,1-3H3,(H,13,14). The van der Waals surface area contributed by atoms with Gasteiger partial charge in [-0.3, -0.25) is 4.79 Å². The maximum absolute atomic E-state index is 11.6. The minimum absolute atomic E-state index is 0.0330. The third kappa shape index (κ3) is 6.05. The first-order chi connectivity index (χ1) is 7.69. The van der Waals surface area contributed by atoms with Gasteiger partial charge in [-0.25, -0.2) is 0 Å². The van der Waals surface area contributed by atoms with E-state index in [0.717, 1.165) is 6.42 Å². The van der Waals surface area contributed by atoms with Crippen molar-refractivity contribution in [3.63, 3.8) is 0 Å². The fourth-order valence-electron chi connectivity index (χ4n) is 1.33. The maximum Gasteiger partial charge on any atom is 0.224 e. The van der Waals surface area contributed by atoms with Gasteiger partial charge in [-0.15, -0.1) is 0 Å². The molecule has 0 bridgehead atoms. The van der Waals surface area contributed by atoms with Crippen molar-refractivity contribution in [2.45, 2.75) is 33.5 Å². The number of nitrogens with two attached hydrogens (primary N) is 1. The number of carbonyl (C=O) groups excluding carboxylic acids is 1. The summed E-state index contributed by atoms with van der Waals surface area (Å²) in [7, 11) is 0. The Hall–Kier alpha value is -0.650. The van der Waals surface area contributed by atoms with Gasteiger partial charge in [0, 0.05) is 25.7 Å². The summed E-state index contributed by atoms with van der Waals surface area (Å²) < 4.78 is 10.6. The Balaban J connectivity index is 3.93. The lowest BCUT2D eigenvalue weighted by molar-refractivity contribution is -0.142. The second-order valence-electron chi connectivity index (χ2n) is 3.43. The zero-order valence-electron chi connectivity index (χ0n) is 10.5. The summed E-state index contributed by atoms with van der Waals surface area (Å²) in [5.74, 6) is -0.154. The molecular weight excluding hydrogens is 208 g/mol. The molecular formula is C11H24N2O3. The fourth-order valence-corrected chi connectivity index (χ4v) is 1.33. The zero-order chi connectivity index (χ0) is 12.4. The Morgan fingerprint density at radius 2 is 1.81 bits per heavy atom. The fraction of sp³-hybridized carbons (Fsp3) is 0.909. The normalized spacial score (nSPS) is 12.8. The van der Waals surface area contributed by atoms with Crippen LogP contribution in [-0.4, -0.2) is 38.5 Å². The van der Waals surface area contributed by atoms with Crippen LogP contribution in [0.25, 0.3) is 0 Å². The van der Waals surface area contributed by atoms with Gasteiger partial charge in [0.25, 0.3) is 0 Å². The molecule has 0 aromatic heterocycles. The van der Waals surface area contributed by atoms with Crippen LogP contribution in [0.2, 0.25) is 0 Å². The Bertz CT molecular complexity index is 178. The van der Waals surface area contributed by atoms with Crippen LogP contribution in [0, 0.1) is 5.92 Å². The Morgan fingerprint density at radius 1 is 1.25 bits per heavy atom. The lowest BCUT2D eigenvalue weighted by Crippen LogP contribution is -2.40. The van der Waals surface area contributed by atoms with Crippen LogP contribution in [0.4, 0.5) is 0 Å². The average Bonchev–Trinajstić information content (AvgIpc) is 2.28. The highest BCUT2D eigenvalue weighted by Crippen LogP contribution is 2.00. The SMILES string of the molecule is CCOC(CNC(=O)C(CC)CN)OCC. The van der Waals surface area contributed by atoms with E-state index < -0.39 is 0 Å². The first kappa shape index (κ1) is 15.3. The van der Waals surface area contributed by atoms with E-state index >= 15 is 0 Å². The predicted molar refractivity (Wildman–Crippen MR) is 62.9 cm³/mol. The van der Waals surface area contributed by atoms with Crippen LogP contribution in [0.3, 0.4) is 0 Å². The molecule has 1 amide bonds. The molecule has 0 radical (unpaired) electrons. The molecule has 0 fully saturated rings. The quantitative estimate of drug-likeness (QED) is 0.567. The molecule has 3 N–H and O–H groups in total. The first-order valence-corrected chi connectivity index (χ1v) is 5.90. The van der Waals surface area contributed by atoms with Gasteiger partial charge in [0.15, 0.2) is 6.29 Å². The first-order valence-electron chi connectivity index (χ1n) is 5.90. The molecule has 0 saturated heterocycles. The highest BCUT2D eigenvalue weighted by atomic mass is 16.7. The summed E-state index contributed by atoms with van der Waals surface area (Å²) in [6.07, 6.45) is 0.380. The third-order valence-corrected chi connectivity index (χ3v) is 2.30. The summed E-state index contributed by atoms with van der Waals surface area (Å²) >= 11 is 0. The number of rotatable bonds is 9. The molecule has 1 atom stereocenters. The summed E-state index contributed by atoms with van der Waals surface area (Å²) in [5, 5.41) is 2.79. The number of ether oxygens (including phenoxy) is 2. The number of nitrogens with one attached hydrogen (secondary N) is 1. The summed E-state index contributed by atoms with van der Waals surface area (Å²) in [6, 6.07) is 0. The van der Waals surface area contributed by atoms with E-state index in [9.17, 15) is 4.79 Å². The van der Waals surface area contributed by atoms with E-state index in [1.54, 1.807) is 0 Å². The molecule has 0 aliphatic rings. The van der Waals surface area contributed by atoms with Gasteiger partial charge in [-0.05, 0) is 20.3 Å². The van der Waals surface area contributed by atoms with E-state index in [2.05, 4.69) is 5.32 Å². The van der Waals surface area contributed by atoms with Crippen molar-refractivity contribution in [2.75, 3.05) is 26.3 Å². The molecule has 0 aliphatic carbocycles. The maximum atomic E-state index is 11.6. The van der Waals surface area contributed by atoms with Crippen molar-refractivity contribution >= 4 is 5.91 Å². The van der Waals surface area contributed by atoms with E-state index in [0.29, 0.717) is 26.3 Å². The molecule has 5 nitrogen and oxygen atoms in total. The van der Waals surface area contributed by atoms with Gasteiger partial charge >= 0.3 is 0 Å². The predicted octanol–water partition coefficient (Wildman–Crippen LogP) is 0.487. The molecule has 0 heterocycles. The summed E-state index contributed by atoms with van der Waals surface area (Å²) in [5.41, 5.74) is 5.48. The molecule has 0 aliphatic heterocycles. The van der Waals surface area contributed by atoms with E-state index in [-0.39, 0.29) is 18.1 Å². The van der Waals surface area contributed by atoms with E-state index in [1.165, 1.54) is 0 Å². The number of hydrogen-bond donors (Lipinski definition) is 2. The topological polar surface area (TPSA) is 73.6 Å². The molecule has 0 rings (SSSR count). The summed E-state index contributed by atoms with van der Waals surface area (Å²) in [6.45, 7) is 7.60. The molecule has 16 heavy (non-hydrogen) atoms. The van der Waals surface area contributed by atoms with E-state index in [1.807, 2.05) is 20.8 Å². The van der Waals surface area contributed by atoms with Crippen molar-refractivity contribution in [1.29, 1.82) is 0 Å². The third-order valence-electron chi connectivity index (χ3n) is 2.30. The largest absolute Gasteiger partial charge is 0.351 e. The van der Waals surface area contributed by atoms with Gasteiger partial charge in [-0.2, -0.15) is 0 Å². The summed E-state index contributed by atoms with van der Waals surface area (Å²) in [4.78, 5) is 11.6. The minimum atomic E-state index is -0.366. The van der Waals surface area contributed by atoms with Crippen LogP contribution >= 0.6 is 0 Å².